The molecule has 0 spiro atoms. The number of carbonyl (C=O) groups excluding carboxylic acids is 1. The van der Waals surface area contributed by atoms with Gasteiger partial charge in [0.2, 0.25) is 5.91 Å². The van der Waals surface area contributed by atoms with E-state index in [-0.39, 0.29) is 5.91 Å². The van der Waals surface area contributed by atoms with Gasteiger partial charge in [-0.1, -0.05) is 0 Å². The van der Waals surface area contributed by atoms with Gasteiger partial charge in [-0.3, -0.25) is 4.79 Å². The van der Waals surface area contributed by atoms with E-state index >= 15 is 0 Å². The Morgan fingerprint density at radius 3 is 2.10 bits per heavy atom. The van der Waals surface area contributed by atoms with Crippen LogP contribution in [0.25, 0.3) is 0 Å². The summed E-state index contributed by atoms with van der Waals surface area (Å²) in [6.07, 6.45) is 2.80. The Morgan fingerprint density at radius 2 is 2.00 bits per heavy atom. The largest absolute Gasteiger partial charge is 0.347 e. The molecule has 3 nitrogen and oxygen atoms in total. The normalized spacial score (nSPS) is 21.5. The van der Waals surface area contributed by atoms with Gasteiger partial charge in [0.25, 0.3) is 0 Å². The molecule has 0 heterocycles. The van der Waals surface area contributed by atoms with Gasteiger partial charge in [0.05, 0.1) is 5.54 Å². The van der Waals surface area contributed by atoms with Gasteiger partial charge >= 0.3 is 0 Å². The van der Waals surface area contributed by atoms with E-state index in [1.54, 1.807) is 19.0 Å². The fraction of sp³-hybridized carbons (Fsp3) is 0.857. The molecule has 0 bridgehead atoms. The summed E-state index contributed by atoms with van der Waals surface area (Å²) >= 11 is 0. The lowest BCUT2D eigenvalue weighted by molar-refractivity contribution is -0.137. The molecular formula is C7H14N2O. The van der Waals surface area contributed by atoms with Crippen molar-refractivity contribution in [3.05, 3.63) is 0 Å². The van der Waals surface area contributed by atoms with Crippen LogP contribution in [-0.4, -0.2) is 30.4 Å². The third kappa shape index (κ3) is 1.01. The monoisotopic (exact) mass is 142 g/mol. The minimum atomic E-state index is -0.510. The standard InChI is InChI=1S/C7H14N2O/c1-9(2)6(10)7(8)4-3-5-7/h3-5,8H2,1-2H3. The van der Waals surface area contributed by atoms with Gasteiger partial charge in [0.15, 0.2) is 0 Å². The first kappa shape index (κ1) is 7.54. The second-order valence-corrected chi connectivity index (χ2v) is 3.21. The minimum Gasteiger partial charge on any atom is -0.347 e. The van der Waals surface area contributed by atoms with Crippen LogP contribution in [0.1, 0.15) is 19.3 Å². The molecule has 1 rings (SSSR count). The fourth-order valence-corrected chi connectivity index (χ4v) is 1.22. The first-order chi connectivity index (χ1) is 4.56. The predicted octanol–water partition coefficient (Wildman–Crippen LogP) is -0.0440. The summed E-state index contributed by atoms with van der Waals surface area (Å²) in [6.45, 7) is 0. The zero-order valence-corrected chi connectivity index (χ0v) is 6.55. The zero-order valence-electron chi connectivity index (χ0n) is 6.55. The molecule has 1 aliphatic carbocycles. The summed E-state index contributed by atoms with van der Waals surface area (Å²) in [4.78, 5) is 12.8. The van der Waals surface area contributed by atoms with E-state index in [9.17, 15) is 4.79 Å². The fourth-order valence-electron chi connectivity index (χ4n) is 1.22. The van der Waals surface area contributed by atoms with Gasteiger partial charge < -0.3 is 10.6 Å². The maximum atomic E-state index is 11.2. The number of nitrogens with two attached hydrogens (primary N) is 1. The maximum Gasteiger partial charge on any atom is 0.242 e. The van der Waals surface area contributed by atoms with Crippen molar-refractivity contribution in [3.63, 3.8) is 0 Å². The molecular weight excluding hydrogens is 128 g/mol. The molecule has 2 N–H and O–H groups in total. The Bertz CT molecular complexity index is 150. The summed E-state index contributed by atoms with van der Waals surface area (Å²) < 4.78 is 0. The van der Waals surface area contributed by atoms with E-state index in [1.807, 2.05) is 0 Å². The molecule has 0 saturated heterocycles. The quantitative estimate of drug-likeness (QED) is 0.558. The Balaban J connectivity index is 2.55. The molecule has 10 heavy (non-hydrogen) atoms. The molecule has 1 fully saturated rings. The Morgan fingerprint density at radius 1 is 1.50 bits per heavy atom. The van der Waals surface area contributed by atoms with Crippen LogP contribution in [0, 0.1) is 0 Å². The average Bonchev–Trinajstić information content (AvgIpc) is 1.81. The summed E-state index contributed by atoms with van der Waals surface area (Å²) in [5, 5.41) is 0. The van der Waals surface area contributed by atoms with Crippen LogP contribution in [0.5, 0.6) is 0 Å². The number of rotatable bonds is 1. The Kier molecular flexibility index (Phi) is 1.68. The molecule has 0 aromatic rings. The molecule has 3 heteroatoms. The summed E-state index contributed by atoms with van der Waals surface area (Å²) in [5.41, 5.74) is 5.25. The minimum absolute atomic E-state index is 0.0683. The highest BCUT2D eigenvalue weighted by molar-refractivity contribution is 5.86. The van der Waals surface area contributed by atoms with E-state index in [0.29, 0.717) is 0 Å². The summed E-state index contributed by atoms with van der Waals surface area (Å²) in [6, 6.07) is 0. The van der Waals surface area contributed by atoms with Gasteiger partial charge in [-0.15, -0.1) is 0 Å². The van der Waals surface area contributed by atoms with Crippen LogP contribution in [0.2, 0.25) is 0 Å². The van der Waals surface area contributed by atoms with Gasteiger partial charge in [-0.25, -0.2) is 0 Å². The molecule has 1 saturated carbocycles. The topological polar surface area (TPSA) is 46.3 Å². The van der Waals surface area contributed by atoms with E-state index in [1.165, 1.54) is 0 Å². The van der Waals surface area contributed by atoms with E-state index in [4.69, 9.17) is 5.73 Å². The molecule has 1 aliphatic rings. The molecule has 0 atom stereocenters. The molecule has 58 valence electrons. The van der Waals surface area contributed by atoms with Crippen molar-refractivity contribution >= 4 is 5.91 Å². The number of amides is 1. The molecule has 0 aromatic carbocycles. The second kappa shape index (κ2) is 2.23. The van der Waals surface area contributed by atoms with Gasteiger partial charge in [-0.05, 0) is 19.3 Å². The van der Waals surface area contributed by atoms with Gasteiger partial charge in [0.1, 0.15) is 0 Å². The highest BCUT2D eigenvalue weighted by Crippen LogP contribution is 2.30. The molecule has 0 aliphatic heterocycles. The lowest BCUT2D eigenvalue weighted by Crippen LogP contribution is -2.57. The van der Waals surface area contributed by atoms with E-state index < -0.39 is 5.54 Å². The Hall–Kier alpha value is -0.570. The number of likely N-dealkylation sites (N-methyl/N-ethyl adjacent to an activating group) is 1. The van der Waals surface area contributed by atoms with Gasteiger partial charge in [-0.2, -0.15) is 0 Å². The van der Waals surface area contributed by atoms with Crippen LogP contribution < -0.4 is 5.73 Å². The van der Waals surface area contributed by atoms with Crippen LogP contribution >= 0.6 is 0 Å². The van der Waals surface area contributed by atoms with Crippen molar-refractivity contribution in [2.24, 2.45) is 5.73 Å². The first-order valence-corrected chi connectivity index (χ1v) is 3.57. The lowest BCUT2D eigenvalue weighted by Gasteiger charge is -2.38. The smallest absolute Gasteiger partial charge is 0.242 e. The second-order valence-electron chi connectivity index (χ2n) is 3.21. The molecule has 0 unspecified atom stereocenters. The zero-order chi connectivity index (χ0) is 7.78. The highest BCUT2D eigenvalue weighted by atomic mass is 16.2. The number of nitrogens with zero attached hydrogens (tertiary/aromatic N) is 1. The van der Waals surface area contributed by atoms with Crippen LogP contribution in [0.4, 0.5) is 0 Å². The summed E-state index contributed by atoms with van der Waals surface area (Å²) in [7, 11) is 3.49. The lowest BCUT2D eigenvalue weighted by atomic mass is 9.77. The molecule has 1 amide bonds. The number of hydrogen-bond acceptors (Lipinski definition) is 2. The third-order valence-corrected chi connectivity index (χ3v) is 2.08. The van der Waals surface area contributed by atoms with Crippen molar-refractivity contribution in [2.75, 3.05) is 14.1 Å². The van der Waals surface area contributed by atoms with Crippen molar-refractivity contribution in [2.45, 2.75) is 24.8 Å². The van der Waals surface area contributed by atoms with E-state index in [0.717, 1.165) is 19.3 Å². The summed E-state index contributed by atoms with van der Waals surface area (Å²) in [5.74, 6) is 0.0683. The first-order valence-electron chi connectivity index (χ1n) is 3.57. The van der Waals surface area contributed by atoms with Crippen molar-refractivity contribution in [3.8, 4) is 0 Å². The number of hydrogen-bond donors (Lipinski definition) is 1. The SMILES string of the molecule is CN(C)C(=O)C1(N)CCC1. The van der Waals surface area contributed by atoms with Crippen molar-refractivity contribution in [1.82, 2.24) is 4.90 Å². The average molecular weight is 142 g/mol. The van der Waals surface area contributed by atoms with Gasteiger partial charge in [0, 0.05) is 14.1 Å². The van der Waals surface area contributed by atoms with E-state index in [2.05, 4.69) is 0 Å². The molecule has 0 aromatic heterocycles. The number of carbonyl (C=O) groups is 1. The van der Waals surface area contributed by atoms with Crippen LogP contribution in [0.3, 0.4) is 0 Å². The predicted molar refractivity (Wildman–Crippen MR) is 39.5 cm³/mol. The third-order valence-electron chi connectivity index (χ3n) is 2.08. The molecule has 0 radical (unpaired) electrons. The van der Waals surface area contributed by atoms with Crippen molar-refractivity contribution < 1.29 is 4.79 Å². The van der Waals surface area contributed by atoms with Crippen LogP contribution in [0.15, 0.2) is 0 Å². The highest BCUT2D eigenvalue weighted by Gasteiger charge is 2.40. The Labute approximate surface area is 61.2 Å². The van der Waals surface area contributed by atoms with Crippen molar-refractivity contribution in [1.29, 1.82) is 0 Å². The maximum absolute atomic E-state index is 11.2. The van der Waals surface area contributed by atoms with Crippen LogP contribution in [-0.2, 0) is 4.79 Å².